The fraction of sp³-hybridized carbons (Fsp3) is 0.500. The van der Waals surface area contributed by atoms with E-state index >= 15 is 0 Å². The van der Waals surface area contributed by atoms with E-state index in [0.717, 1.165) is 18.2 Å². The lowest BCUT2D eigenvalue weighted by atomic mass is 9.79. The van der Waals surface area contributed by atoms with Crippen LogP contribution < -0.4 is 5.73 Å². The van der Waals surface area contributed by atoms with Gasteiger partial charge in [-0.3, -0.25) is 14.9 Å². The molecule has 122 valence electrons. The summed E-state index contributed by atoms with van der Waals surface area (Å²) in [6, 6.07) is 2.92. The lowest BCUT2D eigenvalue weighted by Crippen LogP contribution is -2.54. The number of hydrogen-bond donors (Lipinski definition) is 1. The Balaban J connectivity index is 0.00000242. The minimum Gasteiger partial charge on any atom is -0.338 e. The topological polar surface area (TPSA) is 89.5 Å². The van der Waals surface area contributed by atoms with Gasteiger partial charge in [0.05, 0.1) is 11.0 Å². The van der Waals surface area contributed by atoms with Crippen molar-refractivity contribution in [2.24, 2.45) is 11.1 Å². The monoisotopic (exact) mass is 331 g/mol. The van der Waals surface area contributed by atoms with Crippen molar-refractivity contribution in [3.63, 3.8) is 0 Å². The number of nitrogens with two attached hydrogens (primary N) is 1. The zero-order valence-electron chi connectivity index (χ0n) is 12.4. The molecular weight excluding hydrogens is 313 g/mol. The third-order valence-corrected chi connectivity index (χ3v) is 3.94. The van der Waals surface area contributed by atoms with Crippen molar-refractivity contribution >= 4 is 24.0 Å². The first-order chi connectivity index (χ1) is 9.70. The molecule has 2 rings (SSSR count). The predicted molar refractivity (Wildman–Crippen MR) is 82.6 cm³/mol. The predicted octanol–water partition coefficient (Wildman–Crippen LogP) is 2.36. The number of carbonyl (C=O) groups excluding carboxylic acids is 1. The Morgan fingerprint density at radius 3 is 2.64 bits per heavy atom. The number of nitro groups is 1. The maximum Gasteiger partial charge on any atom is 0.273 e. The average molecular weight is 332 g/mol. The van der Waals surface area contributed by atoms with Gasteiger partial charge in [-0.15, -0.1) is 12.4 Å². The number of piperidine rings is 1. The molecule has 1 atom stereocenters. The molecule has 1 aliphatic rings. The SMILES string of the molecule is CC1(C)CN(C(=O)c2cc(F)cc([N+](=O)[O-])c2)CCC1N.Cl. The molecule has 1 unspecified atom stereocenters. The van der Waals surface area contributed by atoms with Crippen LogP contribution in [0.2, 0.25) is 0 Å². The molecule has 0 aromatic heterocycles. The van der Waals surface area contributed by atoms with E-state index in [0.29, 0.717) is 19.5 Å². The van der Waals surface area contributed by atoms with Crippen LogP contribution in [-0.2, 0) is 0 Å². The lowest BCUT2D eigenvalue weighted by molar-refractivity contribution is -0.385. The number of hydrogen-bond acceptors (Lipinski definition) is 4. The smallest absolute Gasteiger partial charge is 0.273 e. The molecule has 1 heterocycles. The van der Waals surface area contributed by atoms with Crippen LogP contribution in [0.5, 0.6) is 0 Å². The Bertz CT molecular complexity index is 595. The van der Waals surface area contributed by atoms with Gasteiger partial charge in [-0.05, 0) is 17.9 Å². The summed E-state index contributed by atoms with van der Waals surface area (Å²) in [6.45, 7) is 4.83. The third kappa shape index (κ3) is 3.72. The molecule has 0 bridgehead atoms. The third-order valence-electron chi connectivity index (χ3n) is 3.94. The van der Waals surface area contributed by atoms with Gasteiger partial charge in [-0.1, -0.05) is 13.8 Å². The highest BCUT2D eigenvalue weighted by Gasteiger charge is 2.35. The van der Waals surface area contributed by atoms with E-state index in [4.69, 9.17) is 5.73 Å². The second-order valence-corrected chi connectivity index (χ2v) is 6.07. The van der Waals surface area contributed by atoms with Gasteiger partial charge in [0.25, 0.3) is 11.6 Å². The van der Waals surface area contributed by atoms with Crippen LogP contribution >= 0.6 is 12.4 Å². The molecule has 0 radical (unpaired) electrons. The Labute approximate surface area is 134 Å². The van der Waals surface area contributed by atoms with Crippen molar-refractivity contribution in [2.75, 3.05) is 13.1 Å². The van der Waals surface area contributed by atoms with Crippen molar-refractivity contribution < 1.29 is 14.1 Å². The maximum absolute atomic E-state index is 13.4. The fourth-order valence-corrected chi connectivity index (χ4v) is 2.53. The first-order valence-corrected chi connectivity index (χ1v) is 6.70. The molecule has 6 nitrogen and oxygen atoms in total. The van der Waals surface area contributed by atoms with E-state index < -0.39 is 22.3 Å². The first kappa shape index (κ1) is 18.3. The van der Waals surface area contributed by atoms with Crippen molar-refractivity contribution in [3.05, 3.63) is 39.7 Å². The average Bonchev–Trinajstić information content (AvgIpc) is 2.40. The number of nitro benzene ring substituents is 1. The number of benzene rings is 1. The Morgan fingerprint density at radius 2 is 2.09 bits per heavy atom. The molecule has 1 amide bonds. The lowest BCUT2D eigenvalue weighted by Gasteiger charge is -2.42. The van der Waals surface area contributed by atoms with Crippen LogP contribution in [0.4, 0.5) is 10.1 Å². The quantitative estimate of drug-likeness (QED) is 0.665. The van der Waals surface area contributed by atoms with Gasteiger partial charge in [0, 0.05) is 30.8 Å². The first-order valence-electron chi connectivity index (χ1n) is 6.70. The maximum atomic E-state index is 13.4. The van der Waals surface area contributed by atoms with Crippen molar-refractivity contribution in [1.82, 2.24) is 4.90 Å². The Kier molecular flexibility index (Phi) is 5.48. The number of halogens is 2. The molecule has 2 N–H and O–H groups in total. The number of nitrogens with zero attached hydrogens (tertiary/aromatic N) is 2. The fourth-order valence-electron chi connectivity index (χ4n) is 2.53. The highest BCUT2D eigenvalue weighted by atomic mass is 35.5. The van der Waals surface area contributed by atoms with Gasteiger partial charge in [-0.2, -0.15) is 0 Å². The number of non-ortho nitro benzene ring substituents is 1. The summed E-state index contributed by atoms with van der Waals surface area (Å²) in [5.41, 5.74) is 5.34. The second-order valence-electron chi connectivity index (χ2n) is 6.07. The minimum atomic E-state index is -0.791. The zero-order chi connectivity index (χ0) is 15.8. The van der Waals surface area contributed by atoms with Crippen LogP contribution in [0.3, 0.4) is 0 Å². The van der Waals surface area contributed by atoms with Gasteiger partial charge in [-0.25, -0.2) is 4.39 Å². The van der Waals surface area contributed by atoms with E-state index in [1.807, 2.05) is 13.8 Å². The molecule has 1 saturated heterocycles. The van der Waals surface area contributed by atoms with Gasteiger partial charge in [0.2, 0.25) is 0 Å². The molecule has 1 fully saturated rings. The van der Waals surface area contributed by atoms with E-state index in [1.165, 1.54) is 0 Å². The summed E-state index contributed by atoms with van der Waals surface area (Å²) in [4.78, 5) is 24.0. The highest BCUT2D eigenvalue weighted by Crippen LogP contribution is 2.29. The molecule has 1 aromatic carbocycles. The molecule has 22 heavy (non-hydrogen) atoms. The van der Waals surface area contributed by atoms with Crippen molar-refractivity contribution in [3.8, 4) is 0 Å². The van der Waals surface area contributed by atoms with Gasteiger partial charge in [0.15, 0.2) is 0 Å². The van der Waals surface area contributed by atoms with Gasteiger partial charge >= 0.3 is 0 Å². The second kappa shape index (κ2) is 6.58. The highest BCUT2D eigenvalue weighted by molar-refractivity contribution is 5.95. The zero-order valence-corrected chi connectivity index (χ0v) is 13.2. The summed E-state index contributed by atoms with van der Waals surface area (Å²) < 4.78 is 13.4. The molecule has 8 heteroatoms. The number of carbonyl (C=O) groups is 1. The van der Waals surface area contributed by atoms with Crippen LogP contribution in [0.15, 0.2) is 18.2 Å². The van der Waals surface area contributed by atoms with Crippen LogP contribution in [0.25, 0.3) is 0 Å². The molecule has 0 aliphatic carbocycles. The minimum absolute atomic E-state index is 0. The summed E-state index contributed by atoms with van der Waals surface area (Å²) >= 11 is 0. The van der Waals surface area contributed by atoms with Gasteiger partial charge < -0.3 is 10.6 Å². The van der Waals surface area contributed by atoms with Crippen molar-refractivity contribution in [1.29, 1.82) is 0 Å². The molecule has 1 aliphatic heterocycles. The van der Waals surface area contributed by atoms with Crippen LogP contribution in [-0.4, -0.2) is 34.9 Å². The number of amides is 1. The van der Waals surface area contributed by atoms with E-state index in [1.54, 1.807) is 4.90 Å². The van der Waals surface area contributed by atoms with Crippen LogP contribution in [0.1, 0.15) is 30.6 Å². The molecule has 0 saturated carbocycles. The Hall–Kier alpha value is -1.73. The van der Waals surface area contributed by atoms with Crippen LogP contribution in [0, 0.1) is 21.3 Å². The molecular formula is C14H19ClFN3O3. The molecule has 1 aromatic rings. The summed E-state index contributed by atoms with van der Waals surface area (Å²) in [5, 5.41) is 10.7. The van der Waals surface area contributed by atoms with E-state index in [2.05, 4.69) is 0 Å². The number of rotatable bonds is 2. The molecule has 0 spiro atoms. The summed E-state index contributed by atoms with van der Waals surface area (Å²) in [7, 11) is 0. The largest absolute Gasteiger partial charge is 0.338 e. The van der Waals surface area contributed by atoms with E-state index in [-0.39, 0.29) is 29.4 Å². The normalized spacial score (nSPS) is 20.2. The summed E-state index contributed by atoms with van der Waals surface area (Å²) in [6.07, 6.45) is 0.649. The standard InChI is InChI=1S/C14H18FN3O3.ClH/c1-14(2)8-17(4-3-12(14)16)13(19)9-5-10(15)7-11(6-9)18(20)21;/h5-7,12H,3-4,8,16H2,1-2H3;1H. The van der Waals surface area contributed by atoms with E-state index in [9.17, 15) is 19.3 Å². The van der Waals surface area contributed by atoms with Crippen molar-refractivity contribution in [2.45, 2.75) is 26.3 Å². The summed E-state index contributed by atoms with van der Waals surface area (Å²) in [5.74, 6) is -1.20. The number of likely N-dealkylation sites (tertiary alicyclic amines) is 1. The Morgan fingerprint density at radius 1 is 1.45 bits per heavy atom. The van der Waals surface area contributed by atoms with Gasteiger partial charge in [0.1, 0.15) is 5.82 Å².